The minimum atomic E-state index is 0.275. The Balaban J connectivity index is 1.64. The van der Waals surface area contributed by atoms with E-state index in [2.05, 4.69) is 17.1 Å². The number of hydrogen-bond donors (Lipinski definition) is 2. The molecule has 1 aromatic carbocycles. The summed E-state index contributed by atoms with van der Waals surface area (Å²) in [6.07, 6.45) is 1.14. The molecule has 4 heteroatoms. The van der Waals surface area contributed by atoms with Crippen LogP contribution in [0.1, 0.15) is 24.9 Å². The second-order valence-electron chi connectivity index (χ2n) is 5.08. The number of morpholine rings is 1. The van der Waals surface area contributed by atoms with Gasteiger partial charge >= 0.3 is 0 Å². The Morgan fingerprint density at radius 2 is 2.16 bits per heavy atom. The highest BCUT2D eigenvalue weighted by molar-refractivity contribution is 5.28. The molecule has 0 spiro atoms. The van der Waals surface area contributed by atoms with Crippen molar-refractivity contribution in [1.29, 1.82) is 0 Å². The molecule has 1 saturated heterocycles. The fourth-order valence-electron chi connectivity index (χ4n) is 2.36. The van der Waals surface area contributed by atoms with Crippen LogP contribution in [-0.4, -0.2) is 49.4 Å². The summed E-state index contributed by atoms with van der Waals surface area (Å²) < 4.78 is 5.33. The molecule has 4 nitrogen and oxygen atoms in total. The van der Waals surface area contributed by atoms with Gasteiger partial charge in [0.1, 0.15) is 5.75 Å². The molecule has 19 heavy (non-hydrogen) atoms. The van der Waals surface area contributed by atoms with Crippen molar-refractivity contribution in [2.75, 3.05) is 39.4 Å². The van der Waals surface area contributed by atoms with Gasteiger partial charge in [0, 0.05) is 19.1 Å². The van der Waals surface area contributed by atoms with Crippen LogP contribution in [0.4, 0.5) is 0 Å². The zero-order chi connectivity index (χ0) is 13.5. The number of nitrogens with zero attached hydrogens (tertiary/aromatic N) is 1. The first-order chi connectivity index (χ1) is 9.25. The monoisotopic (exact) mass is 264 g/mol. The van der Waals surface area contributed by atoms with E-state index in [-0.39, 0.29) is 6.04 Å². The molecule has 1 heterocycles. The molecule has 0 radical (unpaired) electrons. The minimum absolute atomic E-state index is 0.275. The van der Waals surface area contributed by atoms with E-state index in [1.165, 1.54) is 0 Å². The van der Waals surface area contributed by atoms with Crippen molar-refractivity contribution >= 4 is 0 Å². The lowest BCUT2D eigenvalue weighted by Gasteiger charge is -2.26. The maximum Gasteiger partial charge on any atom is 0.115 e. The lowest BCUT2D eigenvalue weighted by atomic mass is 10.1. The molecule has 0 aliphatic carbocycles. The van der Waals surface area contributed by atoms with Crippen LogP contribution < -0.4 is 5.32 Å². The van der Waals surface area contributed by atoms with Crippen LogP contribution in [0.3, 0.4) is 0 Å². The molecule has 2 N–H and O–H groups in total. The van der Waals surface area contributed by atoms with Gasteiger partial charge in [-0.1, -0.05) is 12.1 Å². The van der Waals surface area contributed by atoms with E-state index in [9.17, 15) is 5.11 Å². The van der Waals surface area contributed by atoms with Gasteiger partial charge in [-0.15, -0.1) is 0 Å². The van der Waals surface area contributed by atoms with Gasteiger partial charge in [-0.25, -0.2) is 0 Å². The predicted octanol–water partition coefficient (Wildman–Crippen LogP) is 1.77. The van der Waals surface area contributed by atoms with E-state index < -0.39 is 0 Å². The van der Waals surface area contributed by atoms with E-state index in [1.807, 2.05) is 18.2 Å². The summed E-state index contributed by atoms with van der Waals surface area (Å²) >= 11 is 0. The third kappa shape index (κ3) is 4.82. The van der Waals surface area contributed by atoms with Crippen molar-refractivity contribution in [3.63, 3.8) is 0 Å². The normalized spacial score (nSPS) is 18.4. The highest BCUT2D eigenvalue weighted by Gasteiger charge is 2.10. The Hall–Kier alpha value is -1.10. The quantitative estimate of drug-likeness (QED) is 0.769. The number of phenolic OH excluding ortho intramolecular Hbond substituents is 1. The average molecular weight is 264 g/mol. The molecule has 1 aliphatic heterocycles. The van der Waals surface area contributed by atoms with Crippen molar-refractivity contribution in [3.8, 4) is 5.75 Å². The molecule has 1 aromatic rings. The van der Waals surface area contributed by atoms with Crippen molar-refractivity contribution in [2.45, 2.75) is 19.4 Å². The fraction of sp³-hybridized carbons (Fsp3) is 0.600. The lowest BCUT2D eigenvalue weighted by Crippen LogP contribution is -2.37. The smallest absolute Gasteiger partial charge is 0.115 e. The zero-order valence-corrected chi connectivity index (χ0v) is 11.6. The van der Waals surface area contributed by atoms with Crippen LogP contribution in [0.15, 0.2) is 24.3 Å². The van der Waals surface area contributed by atoms with Gasteiger partial charge in [0.25, 0.3) is 0 Å². The SMILES string of the molecule is CC(NCCCN1CCOCC1)c1cccc(O)c1. The molecule has 1 aliphatic rings. The first-order valence-electron chi connectivity index (χ1n) is 7.08. The van der Waals surface area contributed by atoms with E-state index in [4.69, 9.17) is 4.74 Å². The summed E-state index contributed by atoms with van der Waals surface area (Å²) in [4.78, 5) is 2.45. The Kier molecular flexibility index (Phi) is 5.63. The second kappa shape index (κ2) is 7.48. The standard InChI is InChI=1S/C15H24N2O2/c1-13(14-4-2-5-15(18)12-14)16-6-3-7-17-8-10-19-11-9-17/h2,4-5,12-13,16,18H,3,6-11H2,1H3. The maximum atomic E-state index is 9.46. The third-order valence-electron chi connectivity index (χ3n) is 3.58. The molecule has 2 rings (SSSR count). The Labute approximate surface area is 115 Å². The molecule has 1 fully saturated rings. The molecule has 0 aromatic heterocycles. The number of nitrogens with one attached hydrogen (secondary N) is 1. The summed E-state index contributed by atoms with van der Waals surface area (Å²) in [5, 5.41) is 13.0. The van der Waals surface area contributed by atoms with E-state index in [1.54, 1.807) is 6.07 Å². The molecule has 106 valence electrons. The minimum Gasteiger partial charge on any atom is -0.508 e. The number of hydrogen-bond acceptors (Lipinski definition) is 4. The average Bonchev–Trinajstić information content (AvgIpc) is 2.44. The van der Waals surface area contributed by atoms with Gasteiger partial charge in [0.05, 0.1) is 13.2 Å². The van der Waals surface area contributed by atoms with Crippen molar-refractivity contribution < 1.29 is 9.84 Å². The molecule has 0 saturated carbocycles. The highest BCUT2D eigenvalue weighted by atomic mass is 16.5. The van der Waals surface area contributed by atoms with Crippen molar-refractivity contribution in [2.24, 2.45) is 0 Å². The van der Waals surface area contributed by atoms with Gasteiger partial charge in [0.15, 0.2) is 0 Å². The van der Waals surface area contributed by atoms with E-state index in [0.717, 1.165) is 51.4 Å². The second-order valence-corrected chi connectivity index (χ2v) is 5.08. The fourth-order valence-corrected chi connectivity index (χ4v) is 2.36. The topological polar surface area (TPSA) is 44.7 Å². The van der Waals surface area contributed by atoms with Crippen molar-refractivity contribution in [1.82, 2.24) is 10.2 Å². The Bertz CT molecular complexity index is 378. The van der Waals surface area contributed by atoms with Crippen LogP contribution in [0.5, 0.6) is 5.75 Å². The summed E-state index contributed by atoms with van der Waals surface area (Å²) in [6.45, 7) is 8.10. The van der Waals surface area contributed by atoms with E-state index in [0.29, 0.717) is 5.75 Å². The summed E-state index contributed by atoms with van der Waals surface area (Å²) in [5.74, 6) is 0.333. The molecule has 1 atom stereocenters. The van der Waals surface area contributed by atoms with Gasteiger partial charge in [-0.3, -0.25) is 4.90 Å². The predicted molar refractivity (Wildman–Crippen MR) is 76.4 cm³/mol. The van der Waals surface area contributed by atoms with Crippen molar-refractivity contribution in [3.05, 3.63) is 29.8 Å². The summed E-state index contributed by atoms with van der Waals surface area (Å²) in [7, 11) is 0. The summed E-state index contributed by atoms with van der Waals surface area (Å²) in [6, 6.07) is 7.72. The number of benzene rings is 1. The molecular weight excluding hydrogens is 240 g/mol. The van der Waals surface area contributed by atoms with Crippen LogP contribution in [0.2, 0.25) is 0 Å². The van der Waals surface area contributed by atoms with Gasteiger partial charge in [0.2, 0.25) is 0 Å². The number of rotatable bonds is 6. The molecular formula is C15H24N2O2. The lowest BCUT2D eigenvalue weighted by molar-refractivity contribution is 0.0374. The van der Waals surface area contributed by atoms with Gasteiger partial charge in [-0.2, -0.15) is 0 Å². The van der Waals surface area contributed by atoms with Crippen LogP contribution >= 0.6 is 0 Å². The Morgan fingerprint density at radius 1 is 1.37 bits per heavy atom. The molecule has 0 bridgehead atoms. The van der Waals surface area contributed by atoms with Crippen LogP contribution in [-0.2, 0) is 4.74 Å². The first-order valence-corrected chi connectivity index (χ1v) is 7.08. The highest BCUT2D eigenvalue weighted by Crippen LogP contribution is 2.17. The number of ether oxygens (including phenoxy) is 1. The number of aromatic hydroxyl groups is 1. The number of phenols is 1. The van der Waals surface area contributed by atoms with Crippen LogP contribution in [0.25, 0.3) is 0 Å². The van der Waals surface area contributed by atoms with Gasteiger partial charge in [-0.05, 0) is 44.1 Å². The maximum absolute atomic E-state index is 9.46. The van der Waals surface area contributed by atoms with E-state index >= 15 is 0 Å². The van der Waals surface area contributed by atoms with Crippen LogP contribution in [0, 0.1) is 0 Å². The zero-order valence-electron chi connectivity index (χ0n) is 11.6. The largest absolute Gasteiger partial charge is 0.508 e. The first kappa shape index (κ1) is 14.3. The molecule has 0 amide bonds. The summed E-state index contributed by atoms with van der Waals surface area (Å²) in [5.41, 5.74) is 1.13. The molecule has 1 unspecified atom stereocenters. The Morgan fingerprint density at radius 3 is 2.89 bits per heavy atom. The third-order valence-corrected chi connectivity index (χ3v) is 3.58. The van der Waals surface area contributed by atoms with Gasteiger partial charge < -0.3 is 15.2 Å².